The molecule has 3 N–H and O–H groups in total. The number of primary amides is 1. The Labute approximate surface area is 143 Å². The lowest BCUT2D eigenvalue weighted by Crippen LogP contribution is -2.29. The minimum Gasteiger partial charge on any atom is -0.352 e. The van der Waals surface area contributed by atoms with Crippen molar-refractivity contribution in [2.75, 3.05) is 12.8 Å². The summed E-state index contributed by atoms with van der Waals surface area (Å²) in [7, 11) is 0. The quantitative estimate of drug-likeness (QED) is 0.827. The third-order valence-electron chi connectivity index (χ3n) is 4.49. The van der Waals surface area contributed by atoms with Crippen molar-refractivity contribution >= 4 is 23.9 Å². The summed E-state index contributed by atoms with van der Waals surface area (Å²) in [4.78, 5) is 15.6. The van der Waals surface area contributed by atoms with Gasteiger partial charge in [0.25, 0.3) is 0 Å². The monoisotopic (exact) mass is 333 g/mol. The molecule has 0 bridgehead atoms. The number of rotatable bonds is 4. The Morgan fingerprint density at radius 3 is 2.87 bits per heavy atom. The second kappa shape index (κ2) is 7.39. The lowest BCUT2D eigenvalue weighted by molar-refractivity contribution is 0.214. The first-order valence-electron chi connectivity index (χ1n) is 8.08. The number of nitrogens with zero attached hydrogens (tertiary/aromatic N) is 1. The minimum atomic E-state index is -0.503. The van der Waals surface area contributed by atoms with Gasteiger partial charge in [0.1, 0.15) is 5.03 Å². The van der Waals surface area contributed by atoms with Gasteiger partial charge in [-0.25, -0.2) is 9.78 Å². The van der Waals surface area contributed by atoms with Crippen LogP contribution in [0.5, 0.6) is 0 Å². The Hall–Kier alpha value is -1.49. The molecule has 0 aromatic carbocycles. The van der Waals surface area contributed by atoms with Crippen molar-refractivity contribution in [3.8, 4) is 0 Å². The molecule has 1 aliphatic carbocycles. The van der Waals surface area contributed by atoms with Crippen molar-refractivity contribution in [3.05, 3.63) is 29.0 Å². The van der Waals surface area contributed by atoms with E-state index in [2.05, 4.69) is 38.4 Å². The molecule has 0 spiro atoms. The number of carbonyl (C=O) groups is 1. The van der Waals surface area contributed by atoms with E-state index in [0.717, 1.165) is 23.4 Å². The maximum absolute atomic E-state index is 10.7. The maximum atomic E-state index is 10.7. The fourth-order valence-corrected chi connectivity index (χ4v) is 3.60. The summed E-state index contributed by atoms with van der Waals surface area (Å²) < 4.78 is 0. The van der Waals surface area contributed by atoms with Crippen LogP contribution in [-0.4, -0.2) is 23.8 Å². The second-order valence-electron chi connectivity index (χ2n) is 7.15. The lowest BCUT2D eigenvalue weighted by atomic mass is 9.71. The average Bonchev–Trinajstić information content (AvgIpc) is 2.49. The van der Waals surface area contributed by atoms with Gasteiger partial charge in [-0.05, 0) is 48.5 Å². The van der Waals surface area contributed by atoms with Crippen LogP contribution >= 0.6 is 11.8 Å². The molecule has 2 amide bonds. The van der Waals surface area contributed by atoms with Crippen LogP contribution in [0.25, 0.3) is 6.08 Å². The molecular weight excluding hydrogens is 306 g/mol. The van der Waals surface area contributed by atoms with Gasteiger partial charge in [0.05, 0.1) is 0 Å². The lowest BCUT2D eigenvalue weighted by Gasteiger charge is -2.34. The zero-order chi connectivity index (χ0) is 17.0. The molecule has 1 atom stereocenters. The number of amides is 2. The molecule has 5 heteroatoms. The highest BCUT2D eigenvalue weighted by Gasteiger charge is 2.29. The Balaban J connectivity index is 2.22. The normalized spacial score (nSPS) is 18.0. The van der Waals surface area contributed by atoms with Crippen molar-refractivity contribution in [1.29, 1.82) is 0 Å². The Morgan fingerprint density at radius 1 is 1.52 bits per heavy atom. The molecule has 0 saturated carbocycles. The van der Waals surface area contributed by atoms with E-state index in [4.69, 9.17) is 10.7 Å². The molecule has 1 heterocycles. The third-order valence-corrected chi connectivity index (χ3v) is 5.20. The molecule has 0 saturated heterocycles. The van der Waals surface area contributed by atoms with Gasteiger partial charge in [0.15, 0.2) is 0 Å². The van der Waals surface area contributed by atoms with Crippen molar-refractivity contribution in [1.82, 2.24) is 10.3 Å². The van der Waals surface area contributed by atoms with Crippen molar-refractivity contribution in [2.45, 2.75) is 45.1 Å². The highest BCUT2D eigenvalue weighted by atomic mass is 32.2. The molecule has 0 radical (unpaired) electrons. The third kappa shape index (κ3) is 4.74. The first-order chi connectivity index (χ1) is 10.8. The predicted octanol–water partition coefficient (Wildman–Crippen LogP) is 3.64. The van der Waals surface area contributed by atoms with Crippen LogP contribution in [0.3, 0.4) is 0 Å². The van der Waals surface area contributed by atoms with Gasteiger partial charge in [0.2, 0.25) is 0 Å². The molecule has 23 heavy (non-hydrogen) atoms. The van der Waals surface area contributed by atoms with Crippen molar-refractivity contribution in [2.24, 2.45) is 17.1 Å². The molecule has 0 aliphatic heterocycles. The van der Waals surface area contributed by atoms with Crippen LogP contribution in [-0.2, 0) is 12.8 Å². The summed E-state index contributed by atoms with van der Waals surface area (Å²) in [5.74, 6) is 0.699. The Bertz CT molecular complexity index is 605. The van der Waals surface area contributed by atoms with Gasteiger partial charge in [-0.1, -0.05) is 32.9 Å². The molecule has 4 nitrogen and oxygen atoms in total. The van der Waals surface area contributed by atoms with E-state index in [1.807, 2.05) is 12.2 Å². The van der Waals surface area contributed by atoms with Crippen LogP contribution in [0.1, 0.15) is 44.0 Å². The first-order valence-corrected chi connectivity index (χ1v) is 9.30. The summed E-state index contributed by atoms with van der Waals surface area (Å²) >= 11 is 1.66. The summed E-state index contributed by atoms with van der Waals surface area (Å²) in [5.41, 5.74) is 9.15. The van der Waals surface area contributed by atoms with Gasteiger partial charge in [0, 0.05) is 17.8 Å². The number of urea groups is 1. The van der Waals surface area contributed by atoms with Gasteiger partial charge in [-0.15, -0.1) is 11.8 Å². The zero-order valence-corrected chi connectivity index (χ0v) is 15.3. The molecule has 1 aromatic rings. The molecule has 0 fully saturated rings. The molecule has 126 valence electrons. The van der Waals surface area contributed by atoms with Crippen molar-refractivity contribution < 1.29 is 4.79 Å². The number of nitrogens with two attached hydrogens (primary N) is 1. The molecule has 1 aliphatic rings. The summed E-state index contributed by atoms with van der Waals surface area (Å²) in [6.07, 6.45) is 9.37. The molecule has 1 aromatic heterocycles. The number of hydrogen-bond acceptors (Lipinski definition) is 3. The van der Waals surface area contributed by atoms with Gasteiger partial charge >= 0.3 is 6.03 Å². The van der Waals surface area contributed by atoms with Crippen LogP contribution in [0, 0.1) is 11.3 Å². The van der Waals surface area contributed by atoms with Gasteiger partial charge < -0.3 is 11.1 Å². The van der Waals surface area contributed by atoms with Crippen LogP contribution in [0.2, 0.25) is 0 Å². The second-order valence-corrected chi connectivity index (χ2v) is 7.94. The van der Waals surface area contributed by atoms with E-state index in [9.17, 15) is 4.79 Å². The van der Waals surface area contributed by atoms with E-state index in [1.54, 1.807) is 11.8 Å². The summed E-state index contributed by atoms with van der Waals surface area (Å²) in [6, 6.07) is 1.77. The largest absolute Gasteiger partial charge is 0.352 e. The minimum absolute atomic E-state index is 0.331. The van der Waals surface area contributed by atoms with Crippen LogP contribution in [0.4, 0.5) is 4.79 Å². The van der Waals surface area contributed by atoms with E-state index in [0.29, 0.717) is 17.9 Å². The number of hydrogen-bond donors (Lipinski definition) is 2. The first kappa shape index (κ1) is 17.9. The van der Waals surface area contributed by atoms with E-state index < -0.39 is 6.03 Å². The van der Waals surface area contributed by atoms with E-state index in [-0.39, 0.29) is 0 Å². The number of aromatic nitrogens is 1. The number of pyridine rings is 1. The van der Waals surface area contributed by atoms with Gasteiger partial charge in [-0.2, -0.15) is 0 Å². The SMILES string of the molecule is CSc1nc2c(cc1/C=C/CNC(N)=O)CC(C(C)(C)C)CC2. The number of carbonyl (C=O) groups excluding carboxylic acids is 1. The maximum Gasteiger partial charge on any atom is 0.312 e. The predicted molar refractivity (Wildman–Crippen MR) is 97.6 cm³/mol. The smallest absolute Gasteiger partial charge is 0.312 e. The zero-order valence-electron chi connectivity index (χ0n) is 14.5. The molecular formula is C18H27N3OS. The van der Waals surface area contributed by atoms with Crippen LogP contribution in [0.15, 0.2) is 17.2 Å². The van der Waals surface area contributed by atoms with Crippen LogP contribution < -0.4 is 11.1 Å². The topological polar surface area (TPSA) is 68.0 Å². The number of fused-ring (bicyclic) bond motifs is 1. The highest BCUT2D eigenvalue weighted by Crippen LogP contribution is 2.38. The number of nitrogens with one attached hydrogen (secondary N) is 1. The molecule has 2 rings (SSSR count). The molecule has 1 unspecified atom stereocenters. The Morgan fingerprint density at radius 2 is 2.26 bits per heavy atom. The average molecular weight is 334 g/mol. The number of thioether (sulfide) groups is 1. The Kier molecular flexibility index (Phi) is 5.74. The number of aryl methyl sites for hydroxylation is 1. The van der Waals surface area contributed by atoms with Gasteiger partial charge in [-0.3, -0.25) is 0 Å². The fraction of sp³-hybridized carbons (Fsp3) is 0.556. The van der Waals surface area contributed by atoms with Crippen molar-refractivity contribution in [3.63, 3.8) is 0 Å². The summed E-state index contributed by atoms with van der Waals surface area (Å²) in [5, 5.41) is 3.62. The standard InChI is InChI=1S/C18H27N3OS/c1-18(2,3)14-7-8-15-13(11-14)10-12(16(21-15)23-4)6-5-9-20-17(19)22/h5-6,10,14H,7-9,11H2,1-4H3,(H3,19,20,22)/b6-5+. The van der Waals surface area contributed by atoms with E-state index >= 15 is 0 Å². The highest BCUT2D eigenvalue weighted by molar-refractivity contribution is 7.98. The van der Waals surface area contributed by atoms with E-state index in [1.165, 1.54) is 17.7 Å². The fourth-order valence-electron chi connectivity index (χ4n) is 3.03. The summed E-state index contributed by atoms with van der Waals surface area (Å²) in [6.45, 7) is 7.40.